The minimum Gasteiger partial charge on any atom is -0.394 e. The molecule has 9 heteroatoms. The first-order valence-electron chi connectivity index (χ1n) is 5.49. The maximum absolute atomic E-state index is 11.1. The molecule has 1 unspecified atom stereocenters. The van der Waals surface area contributed by atoms with Crippen molar-refractivity contribution in [3.8, 4) is 0 Å². The van der Waals surface area contributed by atoms with Gasteiger partial charge >= 0.3 is 5.69 Å². The van der Waals surface area contributed by atoms with Crippen LogP contribution in [0.1, 0.15) is 6.42 Å². The van der Waals surface area contributed by atoms with Gasteiger partial charge in [0.05, 0.1) is 24.2 Å². The van der Waals surface area contributed by atoms with E-state index in [9.17, 15) is 15.2 Å². The Morgan fingerprint density at radius 2 is 2.33 bits per heavy atom. The van der Waals surface area contributed by atoms with Crippen molar-refractivity contribution < 1.29 is 15.1 Å². The Hall–Kier alpha value is -1.19. The normalized spacial score (nSPS) is 19.5. The van der Waals surface area contributed by atoms with Crippen molar-refractivity contribution in [2.75, 3.05) is 24.6 Å². The van der Waals surface area contributed by atoms with Gasteiger partial charge in [0, 0.05) is 13.1 Å². The third-order valence-electron chi connectivity index (χ3n) is 2.82. The van der Waals surface area contributed by atoms with Gasteiger partial charge in [0.1, 0.15) is 0 Å². The SMILES string of the molecule is O=[N+]([O-])c1c(Br)nn(CCO)c1N1CCC(O)C1. The highest BCUT2D eigenvalue weighted by molar-refractivity contribution is 9.10. The maximum atomic E-state index is 11.1. The summed E-state index contributed by atoms with van der Waals surface area (Å²) in [5.41, 5.74) is -0.127. The van der Waals surface area contributed by atoms with E-state index in [1.807, 2.05) is 0 Å². The number of nitro groups is 1. The quantitative estimate of drug-likeness (QED) is 0.603. The van der Waals surface area contributed by atoms with Gasteiger partial charge in [-0.25, -0.2) is 4.68 Å². The number of anilines is 1. The molecule has 0 radical (unpaired) electrons. The zero-order chi connectivity index (χ0) is 13.3. The van der Waals surface area contributed by atoms with Gasteiger partial charge in [-0.3, -0.25) is 10.1 Å². The van der Waals surface area contributed by atoms with Crippen molar-refractivity contribution >= 4 is 27.4 Å². The first-order chi connectivity index (χ1) is 8.54. The van der Waals surface area contributed by atoms with Crippen molar-refractivity contribution in [2.45, 2.75) is 19.1 Å². The van der Waals surface area contributed by atoms with Crippen molar-refractivity contribution in [3.05, 3.63) is 14.7 Å². The molecule has 0 bridgehead atoms. The van der Waals surface area contributed by atoms with E-state index >= 15 is 0 Å². The molecule has 2 rings (SSSR count). The summed E-state index contributed by atoms with van der Waals surface area (Å²) in [6.45, 7) is 0.888. The van der Waals surface area contributed by atoms with Crippen LogP contribution >= 0.6 is 15.9 Å². The van der Waals surface area contributed by atoms with Crippen molar-refractivity contribution in [1.29, 1.82) is 0 Å². The van der Waals surface area contributed by atoms with Gasteiger partial charge < -0.3 is 15.1 Å². The first kappa shape index (κ1) is 13.2. The van der Waals surface area contributed by atoms with E-state index in [0.717, 1.165) is 0 Å². The van der Waals surface area contributed by atoms with Crippen LogP contribution in [-0.2, 0) is 6.54 Å². The highest BCUT2D eigenvalue weighted by atomic mass is 79.9. The van der Waals surface area contributed by atoms with Gasteiger partial charge in [-0.1, -0.05) is 0 Å². The van der Waals surface area contributed by atoms with E-state index in [1.54, 1.807) is 4.90 Å². The standard InChI is InChI=1S/C9H13BrN4O4/c10-8-7(14(17)18)9(13(11-8)3-4-15)12-2-1-6(16)5-12/h6,15-16H,1-5H2. The molecule has 0 amide bonds. The number of aliphatic hydroxyl groups excluding tert-OH is 2. The minimum atomic E-state index is -0.509. The van der Waals surface area contributed by atoms with Gasteiger partial charge in [-0.05, 0) is 22.4 Å². The van der Waals surface area contributed by atoms with Crippen LogP contribution in [0.5, 0.6) is 0 Å². The van der Waals surface area contributed by atoms with Gasteiger partial charge in [-0.2, -0.15) is 5.10 Å². The third kappa shape index (κ3) is 2.33. The van der Waals surface area contributed by atoms with Gasteiger partial charge in [0.25, 0.3) is 0 Å². The molecule has 1 fully saturated rings. The van der Waals surface area contributed by atoms with Gasteiger partial charge in [0.15, 0.2) is 0 Å². The predicted molar refractivity (Wildman–Crippen MR) is 66.5 cm³/mol. The molecule has 1 aromatic rings. The molecule has 1 aromatic heterocycles. The van der Waals surface area contributed by atoms with E-state index in [1.165, 1.54) is 4.68 Å². The molecule has 2 N–H and O–H groups in total. The molecular formula is C9H13BrN4O4. The highest BCUT2D eigenvalue weighted by Crippen LogP contribution is 2.36. The molecule has 8 nitrogen and oxygen atoms in total. The monoisotopic (exact) mass is 320 g/mol. The Balaban J connectivity index is 2.43. The summed E-state index contributed by atoms with van der Waals surface area (Å²) >= 11 is 3.06. The maximum Gasteiger partial charge on any atom is 0.345 e. The van der Waals surface area contributed by atoms with Crippen LogP contribution in [0.15, 0.2) is 4.60 Å². The van der Waals surface area contributed by atoms with Crippen LogP contribution < -0.4 is 4.90 Å². The summed E-state index contributed by atoms with van der Waals surface area (Å²) in [5, 5.41) is 33.5. The minimum absolute atomic E-state index is 0.127. The van der Waals surface area contributed by atoms with Gasteiger partial charge in [-0.15, -0.1) is 0 Å². The summed E-state index contributed by atoms with van der Waals surface area (Å²) < 4.78 is 1.53. The summed E-state index contributed by atoms with van der Waals surface area (Å²) in [4.78, 5) is 12.3. The largest absolute Gasteiger partial charge is 0.394 e. The van der Waals surface area contributed by atoms with E-state index in [0.29, 0.717) is 25.3 Å². The fraction of sp³-hybridized carbons (Fsp3) is 0.667. The van der Waals surface area contributed by atoms with Crippen LogP contribution in [0.4, 0.5) is 11.5 Å². The number of aromatic nitrogens is 2. The molecule has 1 aliphatic rings. The number of β-amino-alcohol motifs (C(OH)–C–C–N with tert-alkyl or cyclic N) is 1. The molecular weight excluding hydrogens is 308 g/mol. The van der Waals surface area contributed by atoms with Crippen molar-refractivity contribution in [1.82, 2.24) is 9.78 Å². The lowest BCUT2D eigenvalue weighted by Gasteiger charge is -2.17. The second-order valence-electron chi connectivity index (χ2n) is 4.06. The third-order valence-corrected chi connectivity index (χ3v) is 3.35. The Morgan fingerprint density at radius 3 is 2.83 bits per heavy atom. The summed E-state index contributed by atoms with van der Waals surface area (Å²) in [6.07, 6.45) is 0.0832. The smallest absolute Gasteiger partial charge is 0.345 e. The van der Waals surface area contributed by atoms with E-state index < -0.39 is 11.0 Å². The lowest BCUT2D eigenvalue weighted by atomic mass is 10.3. The lowest BCUT2D eigenvalue weighted by molar-refractivity contribution is -0.385. The van der Waals surface area contributed by atoms with Crippen molar-refractivity contribution in [3.63, 3.8) is 0 Å². The Kier molecular flexibility index (Phi) is 3.83. The summed E-state index contributed by atoms with van der Waals surface area (Å²) in [6, 6.07) is 0. The Morgan fingerprint density at radius 1 is 1.61 bits per heavy atom. The Bertz CT molecular complexity index is 464. The molecule has 0 aromatic carbocycles. The number of hydrogen-bond donors (Lipinski definition) is 2. The molecule has 0 spiro atoms. The van der Waals surface area contributed by atoms with Crippen LogP contribution in [0, 0.1) is 10.1 Å². The van der Waals surface area contributed by atoms with E-state index in [2.05, 4.69) is 21.0 Å². The number of aliphatic hydroxyl groups is 2. The predicted octanol–water partition coefficient (Wildman–Crippen LogP) is 0.117. The molecule has 100 valence electrons. The molecule has 1 aliphatic heterocycles. The summed E-state index contributed by atoms with van der Waals surface area (Å²) in [7, 11) is 0. The first-order valence-corrected chi connectivity index (χ1v) is 6.28. The molecule has 1 saturated heterocycles. The number of hydrogen-bond acceptors (Lipinski definition) is 6. The van der Waals surface area contributed by atoms with Crippen LogP contribution in [0.2, 0.25) is 0 Å². The van der Waals surface area contributed by atoms with Crippen molar-refractivity contribution in [2.24, 2.45) is 0 Å². The van der Waals surface area contributed by atoms with E-state index in [4.69, 9.17) is 5.11 Å². The Labute approximate surface area is 111 Å². The topological polar surface area (TPSA) is 105 Å². The fourth-order valence-corrected chi connectivity index (χ4v) is 2.58. The average Bonchev–Trinajstić information content (AvgIpc) is 2.83. The molecule has 2 heterocycles. The van der Waals surface area contributed by atoms with Crippen LogP contribution in [-0.4, -0.2) is 50.7 Å². The summed E-state index contributed by atoms with van der Waals surface area (Å²) in [5.74, 6) is 0.331. The zero-order valence-electron chi connectivity index (χ0n) is 9.49. The number of nitrogens with zero attached hydrogens (tertiary/aromatic N) is 4. The number of halogens is 1. The second kappa shape index (κ2) is 5.21. The van der Waals surface area contributed by atoms with Gasteiger partial charge in [0.2, 0.25) is 10.4 Å². The lowest BCUT2D eigenvalue weighted by Crippen LogP contribution is -2.25. The second-order valence-corrected chi connectivity index (χ2v) is 4.81. The van der Waals surface area contributed by atoms with Crippen LogP contribution in [0.3, 0.4) is 0 Å². The molecule has 18 heavy (non-hydrogen) atoms. The molecule has 1 atom stereocenters. The zero-order valence-corrected chi connectivity index (χ0v) is 11.1. The molecule has 0 aliphatic carbocycles. The fourth-order valence-electron chi connectivity index (χ4n) is 2.07. The number of rotatable bonds is 4. The molecule has 0 saturated carbocycles. The van der Waals surface area contributed by atoms with Crippen LogP contribution in [0.25, 0.3) is 0 Å². The highest BCUT2D eigenvalue weighted by Gasteiger charge is 2.33. The average molecular weight is 321 g/mol. The van der Waals surface area contributed by atoms with E-state index in [-0.39, 0.29) is 23.4 Å².